The highest BCUT2D eigenvalue weighted by Crippen LogP contribution is 2.29. The van der Waals surface area contributed by atoms with Gasteiger partial charge in [-0.3, -0.25) is 9.59 Å². The van der Waals surface area contributed by atoms with Crippen molar-refractivity contribution < 1.29 is 9.59 Å². The van der Waals surface area contributed by atoms with Gasteiger partial charge in [-0.15, -0.1) is 0 Å². The van der Waals surface area contributed by atoms with E-state index in [1.807, 2.05) is 18.7 Å². The van der Waals surface area contributed by atoms with E-state index in [2.05, 4.69) is 10.6 Å². The molecule has 0 radical (unpaired) electrons. The van der Waals surface area contributed by atoms with Gasteiger partial charge in [-0.1, -0.05) is 0 Å². The fourth-order valence-electron chi connectivity index (χ4n) is 2.86. The van der Waals surface area contributed by atoms with E-state index in [9.17, 15) is 9.59 Å². The van der Waals surface area contributed by atoms with Crippen molar-refractivity contribution in [1.29, 1.82) is 0 Å². The maximum absolute atomic E-state index is 11.7. The van der Waals surface area contributed by atoms with Crippen LogP contribution in [0.25, 0.3) is 0 Å². The molecule has 0 aromatic carbocycles. The molecule has 3 atom stereocenters. The summed E-state index contributed by atoms with van der Waals surface area (Å²) in [6.45, 7) is 5.29. The molecule has 2 heterocycles. The van der Waals surface area contributed by atoms with E-state index in [0.29, 0.717) is 19.0 Å². The molecule has 96 valence electrons. The van der Waals surface area contributed by atoms with Crippen molar-refractivity contribution in [3.05, 3.63) is 0 Å². The van der Waals surface area contributed by atoms with Crippen molar-refractivity contribution in [3.8, 4) is 0 Å². The average Bonchev–Trinajstić information content (AvgIpc) is 2.85. The molecule has 3 unspecified atom stereocenters. The SMILES string of the molecule is CCNC(=O)C(C)NC1CC(=O)N2CCCC12. The quantitative estimate of drug-likeness (QED) is 0.718. The smallest absolute Gasteiger partial charge is 0.236 e. The minimum absolute atomic E-state index is 0.0106. The summed E-state index contributed by atoms with van der Waals surface area (Å²) in [7, 11) is 0. The number of hydrogen-bond donors (Lipinski definition) is 2. The van der Waals surface area contributed by atoms with Crippen LogP contribution < -0.4 is 10.6 Å². The van der Waals surface area contributed by atoms with Crippen LogP contribution in [0.3, 0.4) is 0 Å². The lowest BCUT2D eigenvalue weighted by atomic mass is 10.1. The van der Waals surface area contributed by atoms with Gasteiger partial charge in [-0.05, 0) is 26.7 Å². The molecule has 0 bridgehead atoms. The number of likely N-dealkylation sites (N-methyl/N-ethyl adjacent to an activating group) is 1. The highest BCUT2D eigenvalue weighted by Gasteiger charge is 2.42. The van der Waals surface area contributed by atoms with Crippen LogP contribution in [0, 0.1) is 0 Å². The summed E-state index contributed by atoms with van der Waals surface area (Å²) in [5, 5.41) is 6.08. The third-order valence-electron chi connectivity index (χ3n) is 3.69. The summed E-state index contributed by atoms with van der Waals surface area (Å²) in [6.07, 6.45) is 2.68. The van der Waals surface area contributed by atoms with E-state index in [0.717, 1.165) is 19.4 Å². The lowest BCUT2D eigenvalue weighted by Crippen LogP contribution is -2.49. The molecule has 5 heteroatoms. The first kappa shape index (κ1) is 12.4. The molecule has 2 N–H and O–H groups in total. The topological polar surface area (TPSA) is 61.4 Å². The lowest BCUT2D eigenvalue weighted by Gasteiger charge is -2.24. The molecule has 0 aromatic heterocycles. The Labute approximate surface area is 102 Å². The van der Waals surface area contributed by atoms with E-state index in [1.54, 1.807) is 0 Å². The second-order valence-electron chi connectivity index (χ2n) is 4.89. The third-order valence-corrected chi connectivity index (χ3v) is 3.69. The number of nitrogens with zero attached hydrogens (tertiary/aromatic N) is 1. The van der Waals surface area contributed by atoms with Crippen LogP contribution in [0.15, 0.2) is 0 Å². The highest BCUT2D eigenvalue weighted by atomic mass is 16.2. The van der Waals surface area contributed by atoms with E-state index in [1.165, 1.54) is 0 Å². The Bertz CT molecular complexity index is 319. The molecule has 2 amide bonds. The number of rotatable bonds is 4. The van der Waals surface area contributed by atoms with Gasteiger partial charge in [0.25, 0.3) is 0 Å². The molecule has 2 aliphatic rings. The Morgan fingerprint density at radius 1 is 1.59 bits per heavy atom. The maximum Gasteiger partial charge on any atom is 0.236 e. The van der Waals surface area contributed by atoms with E-state index in [4.69, 9.17) is 0 Å². The number of nitrogens with one attached hydrogen (secondary N) is 2. The van der Waals surface area contributed by atoms with Crippen LogP contribution in [0.5, 0.6) is 0 Å². The predicted octanol–water partition coefficient (Wildman–Crippen LogP) is -0.136. The Morgan fingerprint density at radius 2 is 2.35 bits per heavy atom. The third kappa shape index (κ3) is 2.44. The van der Waals surface area contributed by atoms with E-state index >= 15 is 0 Å². The normalized spacial score (nSPS) is 29.3. The summed E-state index contributed by atoms with van der Waals surface area (Å²) >= 11 is 0. The second-order valence-corrected chi connectivity index (χ2v) is 4.89. The second kappa shape index (κ2) is 5.04. The zero-order valence-corrected chi connectivity index (χ0v) is 10.5. The number of hydrogen-bond acceptors (Lipinski definition) is 3. The van der Waals surface area contributed by atoms with Crippen molar-refractivity contribution in [3.63, 3.8) is 0 Å². The monoisotopic (exact) mass is 239 g/mol. The number of amides is 2. The Balaban J connectivity index is 1.91. The van der Waals surface area contributed by atoms with Gasteiger partial charge in [0.1, 0.15) is 0 Å². The van der Waals surface area contributed by atoms with Crippen LogP contribution >= 0.6 is 0 Å². The minimum atomic E-state index is -0.228. The van der Waals surface area contributed by atoms with Gasteiger partial charge in [-0.2, -0.15) is 0 Å². The van der Waals surface area contributed by atoms with Gasteiger partial charge in [-0.25, -0.2) is 0 Å². The summed E-state index contributed by atoms with van der Waals surface area (Å²) < 4.78 is 0. The van der Waals surface area contributed by atoms with Crippen LogP contribution in [0.4, 0.5) is 0 Å². The van der Waals surface area contributed by atoms with Gasteiger partial charge in [0.15, 0.2) is 0 Å². The Hall–Kier alpha value is -1.10. The lowest BCUT2D eigenvalue weighted by molar-refractivity contribution is -0.128. The molecule has 0 aromatic rings. The summed E-state index contributed by atoms with van der Waals surface area (Å²) in [6, 6.07) is 0.218. The molecule has 0 saturated carbocycles. The van der Waals surface area contributed by atoms with Crippen molar-refractivity contribution in [1.82, 2.24) is 15.5 Å². The van der Waals surface area contributed by atoms with Crippen molar-refractivity contribution in [2.45, 2.75) is 51.2 Å². The fraction of sp³-hybridized carbons (Fsp3) is 0.833. The molecule has 17 heavy (non-hydrogen) atoms. The van der Waals surface area contributed by atoms with Crippen molar-refractivity contribution in [2.24, 2.45) is 0 Å². The van der Waals surface area contributed by atoms with E-state index in [-0.39, 0.29) is 23.9 Å². The predicted molar refractivity (Wildman–Crippen MR) is 64.4 cm³/mol. The molecule has 0 spiro atoms. The first-order valence-corrected chi connectivity index (χ1v) is 6.46. The van der Waals surface area contributed by atoms with Crippen LogP contribution in [-0.4, -0.2) is 47.9 Å². The maximum atomic E-state index is 11.7. The zero-order chi connectivity index (χ0) is 12.4. The van der Waals surface area contributed by atoms with Crippen LogP contribution in [-0.2, 0) is 9.59 Å². The number of carbonyl (C=O) groups excluding carboxylic acids is 2. The summed E-state index contributed by atoms with van der Waals surface area (Å²) in [5.41, 5.74) is 0. The molecular weight excluding hydrogens is 218 g/mol. The molecule has 2 fully saturated rings. The van der Waals surface area contributed by atoms with Gasteiger partial charge < -0.3 is 15.5 Å². The average molecular weight is 239 g/mol. The van der Waals surface area contributed by atoms with Crippen molar-refractivity contribution in [2.75, 3.05) is 13.1 Å². The Morgan fingerprint density at radius 3 is 3.06 bits per heavy atom. The first-order valence-electron chi connectivity index (χ1n) is 6.46. The molecular formula is C12H21N3O2. The van der Waals surface area contributed by atoms with Crippen LogP contribution in [0.2, 0.25) is 0 Å². The summed E-state index contributed by atoms with van der Waals surface area (Å²) in [4.78, 5) is 25.3. The molecule has 2 saturated heterocycles. The highest BCUT2D eigenvalue weighted by molar-refractivity contribution is 5.82. The summed E-state index contributed by atoms with van der Waals surface area (Å²) in [5.74, 6) is 0.240. The van der Waals surface area contributed by atoms with Gasteiger partial charge in [0.05, 0.1) is 6.04 Å². The largest absolute Gasteiger partial charge is 0.355 e. The molecule has 2 aliphatic heterocycles. The first-order chi connectivity index (χ1) is 8.13. The van der Waals surface area contributed by atoms with Crippen LogP contribution in [0.1, 0.15) is 33.1 Å². The van der Waals surface area contributed by atoms with Gasteiger partial charge in [0.2, 0.25) is 11.8 Å². The zero-order valence-electron chi connectivity index (χ0n) is 10.5. The van der Waals surface area contributed by atoms with Gasteiger partial charge in [0, 0.05) is 31.6 Å². The van der Waals surface area contributed by atoms with Gasteiger partial charge >= 0.3 is 0 Å². The number of carbonyl (C=O) groups is 2. The van der Waals surface area contributed by atoms with Crippen molar-refractivity contribution >= 4 is 11.8 Å². The standard InChI is InChI=1S/C12H21N3O2/c1-3-13-12(17)8(2)14-9-7-11(16)15-6-4-5-10(9)15/h8-10,14H,3-7H2,1-2H3,(H,13,17). The molecule has 5 nitrogen and oxygen atoms in total. The minimum Gasteiger partial charge on any atom is -0.355 e. The Kier molecular flexibility index (Phi) is 3.66. The molecule has 2 rings (SSSR count). The fourth-order valence-corrected chi connectivity index (χ4v) is 2.86. The molecule has 0 aliphatic carbocycles. The van der Waals surface area contributed by atoms with E-state index < -0.39 is 0 Å². The number of fused-ring (bicyclic) bond motifs is 1.